The molecule has 0 spiro atoms. The lowest BCUT2D eigenvalue weighted by atomic mass is 9.90. The van der Waals surface area contributed by atoms with Crippen LogP contribution in [0.25, 0.3) is 0 Å². The Kier molecular flexibility index (Phi) is 2.25. The molecule has 0 unspecified atom stereocenters. The van der Waals surface area contributed by atoms with Crippen molar-refractivity contribution >= 4 is 5.91 Å². The van der Waals surface area contributed by atoms with Crippen molar-refractivity contribution in [2.75, 3.05) is 13.1 Å². The van der Waals surface area contributed by atoms with Crippen LogP contribution in [0.2, 0.25) is 0 Å². The lowest BCUT2D eigenvalue weighted by molar-refractivity contribution is -0.121. The summed E-state index contributed by atoms with van der Waals surface area (Å²) in [6.07, 6.45) is 3.74. The number of nitrogens with one attached hydrogen (secondary N) is 1. The maximum Gasteiger partial charge on any atom is 0.222 e. The summed E-state index contributed by atoms with van der Waals surface area (Å²) >= 11 is 0. The Balaban J connectivity index is 2.21. The smallest absolute Gasteiger partial charge is 0.222 e. The summed E-state index contributed by atoms with van der Waals surface area (Å²) in [5.74, 6) is -0.149. The number of aryl methyl sites for hydroxylation is 1. The van der Waals surface area contributed by atoms with Crippen LogP contribution < -0.4 is 11.1 Å². The van der Waals surface area contributed by atoms with E-state index in [9.17, 15) is 4.79 Å². The third-order valence-corrected chi connectivity index (χ3v) is 2.73. The monoisotopic (exact) mass is 194 g/mol. The van der Waals surface area contributed by atoms with Gasteiger partial charge >= 0.3 is 0 Å². The van der Waals surface area contributed by atoms with Gasteiger partial charge in [-0.2, -0.15) is 5.10 Å². The molecule has 5 nitrogen and oxygen atoms in total. The summed E-state index contributed by atoms with van der Waals surface area (Å²) in [4.78, 5) is 11.1. The highest BCUT2D eigenvalue weighted by atomic mass is 16.1. The fourth-order valence-electron chi connectivity index (χ4n) is 1.96. The molecule has 1 amide bonds. The zero-order valence-corrected chi connectivity index (χ0v) is 8.10. The van der Waals surface area contributed by atoms with E-state index in [0.717, 1.165) is 12.1 Å². The Hall–Kier alpha value is -1.36. The Labute approximate surface area is 82.3 Å². The number of carbonyl (C=O) groups is 1. The first-order valence-corrected chi connectivity index (χ1v) is 4.67. The van der Waals surface area contributed by atoms with E-state index in [1.54, 1.807) is 10.9 Å². The SMILES string of the molecule is Cn1cc([C@@H]2CNC[C@@H]2C(N)=O)cn1. The van der Waals surface area contributed by atoms with Crippen molar-refractivity contribution in [3.8, 4) is 0 Å². The second-order valence-electron chi connectivity index (χ2n) is 3.72. The van der Waals surface area contributed by atoms with Crippen molar-refractivity contribution in [1.82, 2.24) is 15.1 Å². The van der Waals surface area contributed by atoms with Gasteiger partial charge in [-0.15, -0.1) is 0 Å². The Bertz CT molecular complexity index is 346. The zero-order chi connectivity index (χ0) is 10.1. The van der Waals surface area contributed by atoms with Crippen molar-refractivity contribution in [1.29, 1.82) is 0 Å². The lowest BCUT2D eigenvalue weighted by Gasteiger charge is -2.12. The highest BCUT2D eigenvalue weighted by Gasteiger charge is 2.33. The average molecular weight is 194 g/mol. The van der Waals surface area contributed by atoms with Crippen LogP contribution in [0.5, 0.6) is 0 Å². The maximum atomic E-state index is 11.1. The quantitative estimate of drug-likeness (QED) is 0.648. The van der Waals surface area contributed by atoms with Crippen molar-refractivity contribution in [3.05, 3.63) is 18.0 Å². The van der Waals surface area contributed by atoms with Gasteiger partial charge in [0.05, 0.1) is 12.1 Å². The van der Waals surface area contributed by atoms with Crippen molar-refractivity contribution in [2.24, 2.45) is 18.7 Å². The van der Waals surface area contributed by atoms with Gasteiger partial charge in [-0.25, -0.2) is 0 Å². The zero-order valence-electron chi connectivity index (χ0n) is 8.10. The number of nitrogens with two attached hydrogens (primary N) is 1. The predicted molar refractivity (Wildman–Crippen MR) is 51.5 cm³/mol. The molecule has 0 bridgehead atoms. The van der Waals surface area contributed by atoms with Gasteiger partial charge in [0.15, 0.2) is 0 Å². The summed E-state index contributed by atoms with van der Waals surface area (Å²) in [7, 11) is 1.87. The van der Waals surface area contributed by atoms with E-state index in [-0.39, 0.29) is 17.7 Å². The van der Waals surface area contributed by atoms with Crippen LogP contribution in [-0.2, 0) is 11.8 Å². The van der Waals surface area contributed by atoms with Crippen LogP contribution in [-0.4, -0.2) is 28.8 Å². The first-order chi connectivity index (χ1) is 6.68. The minimum absolute atomic E-state index is 0.0980. The average Bonchev–Trinajstić information content (AvgIpc) is 2.70. The fraction of sp³-hybridized carbons (Fsp3) is 0.556. The number of rotatable bonds is 2. The second kappa shape index (κ2) is 3.42. The van der Waals surface area contributed by atoms with Crippen LogP contribution in [0.15, 0.2) is 12.4 Å². The van der Waals surface area contributed by atoms with E-state index in [2.05, 4.69) is 10.4 Å². The van der Waals surface area contributed by atoms with Crippen molar-refractivity contribution < 1.29 is 4.79 Å². The molecule has 2 rings (SSSR count). The standard InChI is InChI=1S/C9H14N4O/c1-13-5-6(2-12-13)7-3-11-4-8(7)9(10)14/h2,5,7-8,11H,3-4H2,1H3,(H2,10,14)/t7-,8-/m0/s1. The molecular weight excluding hydrogens is 180 g/mol. The van der Waals surface area contributed by atoms with Crippen LogP contribution in [0.1, 0.15) is 11.5 Å². The van der Waals surface area contributed by atoms with E-state index < -0.39 is 0 Å². The molecule has 1 aromatic rings. The molecule has 1 saturated heterocycles. The number of hydrogen-bond acceptors (Lipinski definition) is 3. The van der Waals surface area contributed by atoms with Gasteiger partial charge in [0, 0.05) is 32.3 Å². The van der Waals surface area contributed by atoms with Gasteiger partial charge < -0.3 is 11.1 Å². The maximum absolute atomic E-state index is 11.1. The van der Waals surface area contributed by atoms with Gasteiger partial charge in [-0.1, -0.05) is 0 Å². The number of aromatic nitrogens is 2. The molecule has 0 saturated carbocycles. The topological polar surface area (TPSA) is 72.9 Å². The van der Waals surface area contributed by atoms with Gasteiger partial charge in [0.2, 0.25) is 5.91 Å². The van der Waals surface area contributed by atoms with E-state index in [1.165, 1.54) is 0 Å². The molecule has 1 aliphatic rings. The molecule has 2 atom stereocenters. The van der Waals surface area contributed by atoms with Crippen LogP contribution in [0.4, 0.5) is 0 Å². The summed E-state index contributed by atoms with van der Waals surface area (Å²) in [5, 5.41) is 7.27. The van der Waals surface area contributed by atoms with E-state index >= 15 is 0 Å². The molecule has 2 heterocycles. The molecule has 0 aromatic carbocycles. The molecule has 1 aromatic heterocycles. The Morgan fingerprint density at radius 2 is 2.50 bits per heavy atom. The van der Waals surface area contributed by atoms with Gasteiger partial charge in [-0.3, -0.25) is 9.48 Å². The molecular formula is C9H14N4O. The minimum atomic E-state index is -0.233. The molecule has 0 radical (unpaired) electrons. The summed E-state index contributed by atoms with van der Waals surface area (Å²) < 4.78 is 1.74. The normalized spacial score (nSPS) is 26.6. The predicted octanol–water partition coefficient (Wildman–Crippen LogP) is -0.792. The summed E-state index contributed by atoms with van der Waals surface area (Å²) in [5.41, 5.74) is 6.41. The van der Waals surface area contributed by atoms with E-state index in [0.29, 0.717) is 6.54 Å². The Morgan fingerprint density at radius 3 is 3.07 bits per heavy atom. The summed E-state index contributed by atoms with van der Waals surface area (Å²) in [6.45, 7) is 1.48. The number of hydrogen-bond donors (Lipinski definition) is 2. The first-order valence-electron chi connectivity index (χ1n) is 4.67. The van der Waals surface area contributed by atoms with Crippen LogP contribution in [0, 0.1) is 5.92 Å². The molecule has 1 aliphatic heterocycles. The molecule has 0 aliphatic carbocycles. The van der Waals surface area contributed by atoms with Crippen LogP contribution >= 0.6 is 0 Å². The molecule has 5 heteroatoms. The molecule has 1 fully saturated rings. The molecule has 3 N–H and O–H groups in total. The van der Waals surface area contributed by atoms with Gasteiger partial charge in [0.1, 0.15) is 0 Å². The summed E-state index contributed by atoms with van der Waals surface area (Å²) in [6, 6.07) is 0. The fourth-order valence-corrected chi connectivity index (χ4v) is 1.96. The van der Waals surface area contributed by atoms with Crippen molar-refractivity contribution in [3.63, 3.8) is 0 Å². The number of primary amides is 1. The van der Waals surface area contributed by atoms with E-state index in [1.807, 2.05) is 13.2 Å². The largest absolute Gasteiger partial charge is 0.369 e. The highest BCUT2D eigenvalue weighted by molar-refractivity contribution is 5.78. The van der Waals surface area contributed by atoms with Gasteiger partial charge in [0.25, 0.3) is 0 Å². The number of nitrogens with zero attached hydrogens (tertiary/aromatic N) is 2. The number of carbonyl (C=O) groups excluding carboxylic acids is 1. The Morgan fingerprint density at radius 1 is 1.71 bits per heavy atom. The second-order valence-corrected chi connectivity index (χ2v) is 3.72. The van der Waals surface area contributed by atoms with Crippen LogP contribution in [0.3, 0.4) is 0 Å². The molecule has 76 valence electrons. The number of amides is 1. The van der Waals surface area contributed by atoms with Gasteiger partial charge in [-0.05, 0) is 5.56 Å². The minimum Gasteiger partial charge on any atom is -0.369 e. The van der Waals surface area contributed by atoms with Crippen molar-refractivity contribution in [2.45, 2.75) is 5.92 Å². The third-order valence-electron chi connectivity index (χ3n) is 2.73. The lowest BCUT2D eigenvalue weighted by Crippen LogP contribution is -2.28. The first kappa shape index (κ1) is 9.21. The van der Waals surface area contributed by atoms with E-state index in [4.69, 9.17) is 5.73 Å². The molecule has 14 heavy (non-hydrogen) atoms. The highest BCUT2D eigenvalue weighted by Crippen LogP contribution is 2.27. The third kappa shape index (κ3) is 1.50.